The molecule has 0 heterocycles. The summed E-state index contributed by atoms with van der Waals surface area (Å²) in [5.74, 6) is 0. The van der Waals surface area contributed by atoms with Crippen LogP contribution in [0.5, 0.6) is 0 Å². The maximum Gasteiger partial charge on any atom is 0.240 e. The van der Waals surface area contributed by atoms with Gasteiger partial charge in [0.15, 0.2) is 0 Å². The molecule has 0 amide bonds. The first kappa shape index (κ1) is 18.5. The standard InChI is InChI=1S/C19H31NO2S/c1-17-13-15-19(16-14-17)23(21,22)20-18-11-9-7-5-3-2-4-6-8-10-12-18/h13-16,18,20H,2-12H2,1H3. The number of rotatable bonds is 3. The van der Waals surface area contributed by atoms with Crippen LogP contribution >= 0.6 is 0 Å². The van der Waals surface area contributed by atoms with Gasteiger partial charge in [-0.25, -0.2) is 13.1 Å². The van der Waals surface area contributed by atoms with Gasteiger partial charge in [-0.05, 0) is 31.9 Å². The Balaban J connectivity index is 1.97. The Kier molecular flexibility index (Phi) is 7.57. The summed E-state index contributed by atoms with van der Waals surface area (Å²) >= 11 is 0. The molecule has 3 nitrogen and oxygen atoms in total. The van der Waals surface area contributed by atoms with Crippen LogP contribution in [0.15, 0.2) is 29.2 Å². The molecule has 0 unspecified atom stereocenters. The molecular formula is C19H31NO2S. The molecule has 1 aliphatic rings. The van der Waals surface area contributed by atoms with Crippen LogP contribution in [0, 0.1) is 6.92 Å². The fourth-order valence-electron chi connectivity index (χ4n) is 3.29. The molecule has 0 aliphatic heterocycles. The van der Waals surface area contributed by atoms with Gasteiger partial charge in [0.2, 0.25) is 10.0 Å². The molecule has 1 N–H and O–H groups in total. The zero-order valence-electron chi connectivity index (χ0n) is 14.4. The Morgan fingerprint density at radius 2 is 1.22 bits per heavy atom. The van der Waals surface area contributed by atoms with Gasteiger partial charge < -0.3 is 0 Å². The number of hydrogen-bond donors (Lipinski definition) is 1. The van der Waals surface area contributed by atoms with Crippen LogP contribution < -0.4 is 4.72 Å². The number of hydrogen-bond acceptors (Lipinski definition) is 2. The van der Waals surface area contributed by atoms with E-state index in [1.54, 1.807) is 12.1 Å². The molecule has 130 valence electrons. The van der Waals surface area contributed by atoms with Gasteiger partial charge in [-0.2, -0.15) is 0 Å². The van der Waals surface area contributed by atoms with Crippen LogP contribution in [0.3, 0.4) is 0 Å². The summed E-state index contributed by atoms with van der Waals surface area (Å²) in [5, 5.41) is 0. The highest BCUT2D eigenvalue weighted by Gasteiger charge is 2.19. The molecule has 2 rings (SSSR count). The van der Waals surface area contributed by atoms with Gasteiger partial charge in [0.25, 0.3) is 0 Å². The SMILES string of the molecule is Cc1ccc(S(=O)(=O)NC2CCCCCCCCCCC2)cc1. The Morgan fingerprint density at radius 1 is 0.783 bits per heavy atom. The van der Waals surface area contributed by atoms with Crippen LogP contribution in [0.2, 0.25) is 0 Å². The fraction of sp³-hybridized carbons (Fsp3) is 0.684. The van der Waals surface area contributed by atoms with E-state index >= 15 is 0 Å². The van der Waals surface area contributed by atoms with E-state index in [9.17, 15) is 8.42 Å². The van der Waals surface area contributed by atoms with Gasteiger partial charge in [-0.3, -0.25) is 0 Å². The van der Waals surface area contributed by atoms with Crippen molar-refractivity contribution in [2.24, 2.45) is 0 Å². The first-order valence-electron chi connectivity index (χ1n) is 9.17. The molecule has 1 fully saturated rings. The maximum absolute atomic E-state index is 12.6. The lowest BCUT2D eigenvalue weighted by Gasteiger charge is -2.19. The minimum Gasteiger partial charge on any atom is -0.208 e. The molecule has 0 bridgehead atoms. The normalized spacial score (nSPS) is 19.7. The Bertz CT molecular complexity index is 539. The summed E-state index contributed by atoms with van der Waals surface area (Å²) in [6, 6.07) is 7.20. The van der Waals surface area contributed by atoms with E-state index in [0.29, 0.717) is 4.90 Å². The van der Waals surface area contributed by atoms with E-state index < -0.39 is 10.0 Å². The first-order valence-corrected chi connectivity index (χ1v) is 10.7. The summed E-state index contributed by atoms with van der Waals surface area (Å²) in [4.78, 5) is 0.384. The molecule has 1 aromatic rings. The van der Waals surface area contributed by atoms with Crippen LogP contribution in [0.25, 0.3) is 0 Å². The lowest BCUT2D eigenvalue weighted by molar-refractivity contribution is 0.440. The minimum atomic E-state index is -3.39. The van der Waals surface area contributed by atoms with Crippen molar-refractivity contribution in [2.45, 2.75) is 88.5 Å². The molecule has 0 aromatic heterocycles. The maximum atomic E-state index is 12.6. The third-order valence-corrected chi connectivity index (χ3v) is 6.29. The third kappa shape index (κ3) is 6.64. The van der Waals surface area contributed by atoms with Crippen molar-refractivity contribution in [3.63, 3.8) is 0 Å². The van der Waals surface area contributed by atoms with Gasteiger partial charge in [0, 0.05) is 6.04 Å². The molecule has 0 atom stereocenters. The molecule has 1 aliphatic carbocycles. The molecule has 4 heteroatoms. The third-order valence-electron chi connectivity index (χ3n) is 4.76. The van der Waals surface area contributed by atoms with Crippen LogP contribution in [0.4, 0.5) is 0 Å². The zero-order chi connectivity index (χ0) is 16.5. The minimum absolute atomic E-state index is 0.0840. The van der Waals surface area contributed by atoms with Crippen molar-refractivity contribution < 1.29 is 8.42 Å². The van der Waals surface area contributed by atoms with Gasteiger partial charge >= 0.3 is 0 Å². The number of sulfonamides is 1. The Hall–Kier alpha value is -0.870. The number of aryl methyl sites for hydroxylation is 1. The van der Waals surface area contributed by atoms with Gasteiger partial charge in [-0.1, -0.05) is 75.5 Å². The molecule has 1 saturated carbocycles. The van der Waals surface area contributed by atoms with Crippen molar-refractivity contribution in [1.82, 2.24) is 4.72 Å². The Morgan fingerprint density at radius 3 is 1.70 bits per heavy atom. The van der Waals surface area contributed by atoms with E-state index in [1.165, 1.54) is 44.9 Å². The second kappa shape index (κ2) is 9.43. The quantitative estimate of drug-likeness (QED) is 0.848. The average molecular weight is 338 g/mol. The average Bonchev–Trinajstić information content (AvgIpc) is 2.50. The van der Waals surface area contributed by atoms with E-state index in [-0.39, 0.29) is 6.04 Å². The van der Waals surface area contributed by atoms with Crippen molar-refractivity contribution >= 4 is 10.0 Å². The van der Waals surface area contributed by atoms with Crippen molar-refractivity contribution in [2.75, 3.05) is 0 Å². The summed E-state index contributed by atoms with van der Waals surface area (Å²) in [6.07, 6.45) is 13.2. The predicted octanol–water partition coefficient (Wildman–Crippen LogP) is 4.95. The van der Waals surface area contributed by atoms with Crippen LogP contribution in [0.1, 0.15) is 76.2 Å². The second-order valence-corrected chi connectivity index (χ2v) is 8.60. The van der Waals surface area contributed by atoms with E-state index in [2.05, 4.69) is 4.72 Å². The lowest BCUT2D eigenvalue weighted by atomic mass is 9.98. The predicted molar refractivity (Wildman–Crippen MR) is 96.1 cm³/mol. The highest BCUT2D eigenvalue weighted by Crippen LogP contribution is 2.19. The fourth-order valence-corrected chi connectivity index (χ4v) is 4.59. The van der Waals surface area contributed by atoms with Crippen molar-refractivity contribution in [1.29, 1.82) is 0 Å². The van der Waals surface area contributed by atoms with E-state index in [1.807, 2.05) is 19.1 Å². The van der Waals surface area contributed by atoms with Gasteiger partial charge in [-0.15, -0.1) is 0 Å². The van der Waals surface area contributed by atoms with Crippen LogP contribution in [-0.2, 0) is 10.0 Å². The van der Waals surface area contributed by atoms with E-state index in [0.717, 1.165) is 31.2 Å². The number of benzene rings is 1. The smallest absolute Gasteiger partial charge is 0.208 e. The highest BCUT2D eigenvalue weighted by molar-refractivity contribution is 7.89. The van der Waals surface area contributed by atoms with Gasteiger partial charge in [0.1, 0.15) is 0 Å². The number of nitrogens with one attached hydrogen (secondary N) is 1. The summed E-state index contributed by atoms with van der Waals surface area (Å²) in [6.45, 7) is 1.97. The summed E-state index contributed by atoms with van der Waals surface area (Å²) in [5.41, 5.74) is 1.08. The van der Waals surface area contributed by atoms with Gasteiger partial charge in [0.05, 0.1) is 4.90 Å². The molecule has 23 heavy (non-hydrogen) atoms. The second-order valence-electron chi connectivity index (χ2n) is 6.89. The Labute approximate surface area is 141 Å². The summed E-state index contributed by atoms with van der Waals surface area (Å²) in [7, 11) is -3.39. The lowest BCUT2D eigenvalue weighted by Crippen LogP contribution is -2.35. The molecule has 1 aromatic carbocycles. The molecule has 0 spiro atoms. The van der Waals surface area contributed by atoms with E-state index in [4.69, 9.17) is 0 Å². The zero-order valence-corrected chi connectivity index (χ0v) is 15.2. The molecule has 0 saturated heterocycles. The van der Waals surface area contributed by atoms with Crippen molar-refractivity contribution in [3.8, 4) is 0 Å². The topological polar surface area (TPSA) is 46.2 Å². The molecule has 0 radical (unpaired) electrons. The van der Waals surface area contributed by atoms with Crippen molar-refractivity contribution in [3.05, 3.63) is 29.8 Å². The first-order chi connectivity index (χ1) is 11.1. The highest BCUT2D eigenvalue weighted by atomic mass is 32.2. The monoisotopic (exact) mass is 337 g/mol. The summed E-state index contributed by atoms with van der Waals surface area (Å²) < 4.78 is 28.1. The molecular weight excluding hydrogens is 306 g/mol. The van der Waals surface area contributed by atoms with Crippen LogP contribution in [-0.4, -0.2) is 14.5 Å². The largest absolute Gasteiger partial charge is 0.240 e.